The van der Waals surface area contributed by atoms with Crippen molar-refractivity contribution in [2.45, 2.75) is 36.4 Å². The highest BCUT2D eigenvalue weighted by Crippen LogP contribution is 2.43. The number of amides is 1. The number of aliphatic hydroxyl groups is 2. The van der Waals surface area contributed by atoms with Crippen LogP contribution < -0.4 is 5.73 Å². The summed E-state index contributed by atoms with van der Waals surface area (Å²) in [6.07, 6.45) is -1.16. The van der Waals surface area contributed by atoms with Crippen molar-refractivity contribution in [3.05, 3.63) is 0 Å². The monoisotopic (exact) mass is 258 g/mol. The Balaban J connectivity index is 1.93. The van der Waals surface area contributed by atoms with Gasteiger partial charge in [-0.05, 0) is 6.42 Å². The smallest absolute Gasteiger partial charge is 0.225 e. The summed E-state index contributed by atoms with van der Waals surface area (Å²) in [6.45, 7) is 0.719. The van der Waals surface area contributed by atoms with Gasteiger partial charge in [0.15, 0.2) is 5.72 Å². The van der Waals surface area contributed by atoms with Crippen molar-refractivity contribution in [2.24, 2.45) is 5.73 Å². The molecule has 4 fully saturated rings. The zero-order chi connectivity index (χ0) is 13.0. The first-order valence-electron chi connectivity index (χ1n) is 6.20. The molecular formula is C11H18N2O5. The van der Waals surface area contributed by atoms with Crippen LogP contribution in [0, 0.1) is 0 Å². The first kappa shape index (κ1) is 12.3. The number of rotatable bonds is 2. The minimum absolute atomic E-state index is 0.0498. The van der Waals surface area contributed by atoms with Crippen LogP contribution in [0.3, 0.4) is 0 Å². The van der Waals surface area contributed by atoms with Gasteiger partial charge in [-0.3, -0.25) is 4.79 Å². The highest BCUT2D eigenvalue weighted by molar-refractivity contribution is 5.79. The number of carbonyl (C=O) groups is 1. The lowest BCUT2D eigenvalue weighted by Crippen LogP contribution is -2.80. The van der Waals surface area contributed by atoms with Gasteiger partial charge in [0.1, 0.15) is 17.8 Å². The molecule has 4 aliphatic heterocycles. The molecule has 4 rings (SSSR count). The number of nitrogens with zero attached hydrogens (tertiary/aromatic N) is 1. The molecule has 7 nitrogen and oxygen atoms in total. The zero-order valence-electron chi connectivity index (χ0n) is 10.0. The maximum atomic E-state index is 11.8. The van der Waals surface area contributed by atoms with Gasteiger partial charge in [-0.15, -0.1) is 0 Å². The minimum Gasteiger partial charge on any atom is -0.387 e. The average Bonchev–Trinajstić information content (AvgIpc) is 2.83. The summed E-state index contributed by atoms with van der Waals surface area (Å²) in [5.41, 5.74) is 3.30. The minimum atomic E-state index is -1.25. The summed E-state index contributed by atoms with van der Waals surface area (Å²) >= 11 is 0. The Bertz CT molecular complexity index is 366. The van der Waals surface area contributed by atoms with Crippen molar-refractivity contribution in [3.8, 4) is 0 Å². The van der Waals surface area contributed by atoms with E-state index in [-0.39, 0.29) is 25.7 Å². The topological polar surface area (TPSA) is 105 Å². The number of fused-ring (bicyclic) bond motifs is 3. The van der Waals surface area contributed by atoms with Gasteiger partial charge in [0.2, 0.25) is 5.91 Å². The van der Waals surface area contributed by atoms with Crippen LogP contribution in [0.25, 0.3) is 0 Å². The van der Waals surface area contributed by atoms with Gasteiger partial charge < -0.3 is 30.3 Å². The highest BCUT2D eigenvalue weighted by atomic mass is 16.6. The Morgan fingerprint density at radius 2 is 2.11 bits per heavy atom. The predicted molar refractivity (Wildman–Crippen MR) is 59.4 cm³/mol. The number of ether oxygens (including phenoxy) is 2. The second-order valence-corrected chi connectivity index (χ2v) is 5.23. The van der Waals surface area contributed by atoms with Crippen LogP contribution in [-0.4, -0.2) is 70.9 Å². The lowest BCUT2D eigenvalue weighted by molar-refractivity contribution is -0.381. The fourth-order valence-electron chi connectivity index (χ4n) is 3.06. The summed E-state index contributed by atoms with van der Waals surface area (Å²) in [5.74, 6) is -0.0769. The molecule has 2 bridgehead atoms. The number of carbonyl (C=O) groups excluding carboxylic acids is 1. The molecule has 0 radical (unpaired) electrons. The molecule has 0 aliphatic carbocycles. The lowest BCUT2D eigenvalue weighted by Gasteiger charge is -2.59. The predicted octanol–water partition coefficient (Wildman–Crippen LogP) is -2.22. The summed E-state index contributed by atoms with van der Waals surface area (Å²) in [6, 6.07) is 0. The maximum absolute atomic E-state index is 11.8. The quantitative estimate of drug-likeness (QED) is 0.518. The van der Waals surface area contributed by atoms with Gasteiger partial charge in [-0.25, -0.2) is 0 Å². The second kappa shape index (κ2) is 3.88. The molecule has 4 saturated heterocycles. The van der Waals surface area contributed by atoms with Crippen LogP contribution in [0.1, 0.15) is 12.8 Å². The van der Waals surface area contributed by atoms with Crippen molar-refractivity contribution in [2.75, 3.05) is 26.3 Å². The van der Waals surface area contributed by atoms with Crippen LogP contribution in [-0.2, 0) is 14.3 Å². The van der Waals surface area contributed by atoms with Crippen LogP contribution in [0.2, 0.25) is 0 Å². The summed E-state index contributed by atoms with van der Waals surface area (Å²) < 4.78 is 11.3. The molecule has 1 amide bonds. The molecule has 4 heterocycles. The fourth-order valence-corrected chi connectivity index (χ4v) is 3.06. The molecule has 4 aliphatic rings. The van der Waals surface area contributed by atoms with Crippen molar-refractivity contribution in [1.29, 1.82) is 0 Å². The van der Waals surface area contributed by atoms with Gasteiger partial charge in [0.05, 0.1) is 13.2 Å². The largest absolute Gasteiger partial charge is 0.387 e. The number of nitrogens with two attached hydrogens (primary N) is 1. The summed E-state index contributed by atoms with van der Waals surface area (Å²) in [4.78, 5) is 13.3. The molecular weight excluding hydrogens is 240 g/mol. The molecule has 18 heavy (non-hydrogen) atoms. The first-order valence-corrected chi connectivity index (χ1v) is 6.20. The highest BCUT2D eigenvalue weighted by Gasteiger charge is 2.65. The van der Waals surface area contributed by atoms with Crippen molar-refractivity contribution in [3.63, 3.8) is 0 Å². The molecule has 3 unspecified atom stereocenters. The second-order valence-electron chi connectivity index (χ2n) is 5.23. The third-order valence-corrected chi connectivity index (χ3v) is 4.31. The molecule has 102 valence electrons. The van der Waals surface area contributed by atoms with Crippen LogP contribution in [0.15, 0.2) is 0 Å². The number of hydrogen-bond donors (Lipinski definition) is 3. The summed E-state index contributed by atoms with van der Waals surface area (Å²) in [5, 5.41) is 20.4. The van der Waals surface area contributed by atoms with Crippen molar-refractivity contribution < 1.29 is 24.5 Å². The molecule has 0 aromatic rings. The molecule has 0 aromatic carbocycles. The van der Waals surface area contributed by atoms with E-state index in [1.807, 2.05) is 0 Å². The van der Waals surface area contributed by atoms with Crippen LogP contribution in [0.5, 0.6) is 0 Å². The van der Waals surface area contributed by atoms with Crippen LogP contribution >= 0.6 is 0 Å². The van der Waals surface area contributed by atoms with Gasteiger partial charge in [-0.2, -0.15) is 0 Å². The van der Waals surface area contributed by atoms with E-state index in [0.29, 0.717) is 13.0 Å². The third kappa shape index (κ3) is 1.33. The van der Waals surface area contributed by atoms with Crippen molar-refractivity contribution in [1.82, 2.24) is 4.90 Å². The Morgan fingerprint density at radius 3 is 2.61 bits per heavy atom. The number of likely N-dealkylation sites (tertiary alicyclic amines) is 1. The molecule has 4 N–H and O–H groups in total. The van der Waals surface area contributed by atoms with E-state index in [2.05, 4.69) is 0 Å². The standard InChI is InChI=1S/C11H18N2O5/c12-4-10-5-18-11(6-17-10,9(16)8(10)15)13-3-1-2-7(13)14/h8-9,15-16H,1-6,12H2/t8-,9?,10?,11?/m1/s1. The average molecular weight is 258 g/mol. The molecule has 0 spiro atoms. The Morgan fingerprint density at radius 1 is 1.33 bits per heavy atom. The Hall–Kier alpha value is -0.730. The molecule has 0 aromatic heterocycles. The van der Waals surface area contributed by atoms with Gasteiger partial charge in [0, 0.05) is 19.5 Å². The van der Waals surface area contributed by atoms with Crippen molar-refractivity contribution >= 4 is 5.91 Å². The first-order chi connectivity index (χ1) is 8.56. The van der Waals surface area contributed by atoms with E-state index in [0.717, 1.165) is 6.42 Å². The van der Waals surface area contributed by atoms with E-state index >= 15 is 0 Å². The van der Waals surface area contributed by atoms with E-state index in [4.69, 9.17) is 15.2 Å². The third-order valence-electron chi connectivity index (χ3n) is 4.31. The van der Waals surface area contributed by atoms with E-state index < -0.39 is 23.5 Å². The summed E-state index contributed by atoms with van der Waals surface area (Å²) in [7, 11) is 0. The normalized spacial score (nSPS) is 47.9. The van der Waals surface area contributed by atoms with Gasteiger partial charge >= 0.3 is 0 Å². The molecule has 0 saturated carbocycles. The zero-order valence-corrected chi connectivity index (χ0v) is 10.0. The lowest BCUT2D eigenvalue weighted by atomic mass is 9.81. The molecule has 7 heteroatoms. The van der Waals surface area contributed by atoms with E-state index in [1.54, 1.807) is 0 Å². The van der Waals surface area contributed by atoms with Gasteiger partial charge in [-0.1, -0.05) is 0 Å². The molecule has 4 atom stereocenters. The van der Waals surface area contributed by atoms with E-state index in [1.165, 1.54) is 4.90 Å². The maximum Gasteiger partial charge on any atom is 0.225 e. The number of hydrogen-bond acceptors (Lipinski definition) is 6. The van der Waals surface area contributed by atoms with Gasteiger partial charge in [0.25, 0.3) is 0 Å². The SMILES string of the molecule is NCC12COC(N3CCCC3=O)(CO1)C(O)[C@H]2O. The van der Waals surface area contributed by atoms with Crippen LogP contribution in [0.4, 0.5) is 0 Å². The fraction of sp³-hybridized carbons (Fsp3) is 0.909. The van der Waals surface area contributed by atoms with E-state index in [9.17, 15) is 15.0 Å². The number of aliphatic hydroxyl groups excluding tert-OH is 2. The Kier molecular flexibility index (Phi) is 2.65. The Labute approximate surface area is 104 Å².